The molecule has 1 aromatic rings. The fourth-order valence-corrected chi connectivity index (χ4v) is 2.57. The molecular weight excluding hydrogens is 202 g/mol. The molecule has 0 fully saturated rings. The van der Waals surface area contributed by atoms with Crippen molar-refractivity contribution in [2.75, 3.05) is 0 Å². The molecule has 0 saturated carbocycles. The van der Waals surface area contributed by atoms with E-state index < -0.39 is 11.8 Å². The molecule has 3 heteroatoms. The largest absolute Gasteiger partial charge is 0.369 e. The molecule has 2 rings (SSSR count). The minimum Gasteiger partial charge on any atom is -0.369 e. The fraction of sp³-hybridized carbons (Fsp3) is 0.385. The zero-order chi connectivity index (χ0) is 11.9. The van der Waals surface area contributed by atoms with Crippen molar-refractivity contribution in [1.82, 2.24) is 0 Å². The Balaban J connectivity index is 2.56. The summed E-state index contributed by atoms with van der Waals surface area (Å²) in [6.07, 6.45) is 0. The first kappa shape index (κ1) is 10.9. The molecule has 0 heterocycles. The summed E-state index contributed by atoms with van der Waals surface area (Å²) in [6, 6.07) is 7.40. The third kappa shape index (κ3) is 1.43. The van der Waals surface area contributed by atoms with Crippen LogP contribution in [0.5, 0.6) is 0 Å². The van der Waals surface area contributed by atoms with Gasteiger partial charge >= 0.3 is 0 Å². The average molecular weight is 217 g/mol. The van der Waals surface area contributed by atoms with Crippen LogP contribution in [0.2, 0.25) is 0 Å². The van der Waals surface area contributed by atoms with Crippen LogP contribution < -0.4 is 5.73 Å². The first-order valence-electron chi connectivity index (χ1n) is 5.46. The van der Waals surface area contributed by atoms with Crippen molar-refractivity contribution in [3.63, 3.8) is 0 Å². The topological polar surface area (TPSA) is 60.2 Å². The Bertz CT molecular complexity index is 451. The maximum absolute atomic E-state index is 12.1. The number of carbonyl (C=O) groups excluding carboxylic acids is 2. The molecule has 1 aliphatic rings. The van der Waals surface area contributed by atoms with Crippen molar-refractivity contribution in [2.45, 2.75) is 19.8 Å². The number of hydrogen-bond donors (Lipinski definition) is 1. The average Bonchev–Trinajstić information content (AvgIpc) is 2.53. The smallest absolute Gasteiger partial charge is 0.229 e. The van der Waals surface area contributed by atoms with Gasteiger partial charge in [-0.2, -0.15) is 0 Å². The van der Waals surface area contributed by atoms with Gasteiger partial charge in [-0.05, 0) is 11.5 Å². The first-order chi connectivity index (χ1) is 7.54. The predicted molar refractivity (Wildman–Crippen MR) is 61.0 cm³/mol. The summed E-state index contributed by atoms with van der Waals surface area (Å²) in [6.45, 7) is 4.02. The monoisotopic (exact) mass is 217 g/mol. The fourth-order valence-electron chi connectivity index (χ4n) is 2.57. The summed E-state index contributed by atoms with van der Waals surface area (Å²) in [4.78, 5) is 23.4. The molecule has 0 radical (unpaired) electrons. The van der Waals surface area contributed by atoms with Crippen LogP contribution in [0.3, 0.4) is 0 Å². The van der Waals surface area contributed by atoms with Crippen LogP contribution in [0.1, 0.15) is 35.7 Å². The SMILES string of the molecule is CC(C)C1c2ccccc2C(=O)C1C(N)=O. The zero-order valence-electron chi connectivity index (χ0n) is 9.44. The van der Waals surface area contributed by atoms with Crippen LogP contribution in [0.15, 0.2) is 24.3 Å². The molecule has 1 aliphatic carbocycles. The summed E-state index contributed by atoms with van der Waals surface area (Å²) in [5.41, 5.74) is 6.96. The summed E-state index contributed by atoms with van der Waals surface area (Å²) in [7, 11) is 0. The van der Waals surface area contributed by atoms with Gasteiger partial charge in [0.15, 0.2) is 5.78 Å². The highest BCUT2D eigenvalue weighted by atomic mass is 16.2. The van der Waals surface area contributed by atoms with Crippen LogP contribution >= 0.6 is 0 Å². The van der Waals surface area contributed by atoms with Crippen LogP contribution in [-0.4, -0.2) is 11.7 Å². The van der Waals surface area contributed by atoms with Gasteiger partial charge < -0.3 is 5.73 Å². The van der Waals surface area contributed by atoms with Crippen LogP contribution in [0.25, 0.3) is 0 Å². The van der Waals surface area contributed by atoms with E-state index >= 15 is 0 Å². The molecule has 3 nitrogen and oxygen atoms in total. The Kier molecular flexibility index (Phi) is 2.54. The first-order valence-corrected chi connectivity index (χ1v) is 5.46. The van der Waals surface area contributed by atoms with Crippen molar-refractivity contribution in [2.24, 2.45) is 17.6 Å². The highest BCUT2D eigenvalue weighted by Gasteiger charge is 2.44. The second-order valence-corrected chi connectivity index (χ2v) is 4.60. The summed E-state index contributed by atoms with van der Waals surface area (Å²) in [5.74, 6) is -1.16. The van der Waals surface area contributed by atoms with E-state index in [0.29, 0.717) is 5.56 Å². The molecule has 2 unspecified atom stereocenters. The molecule has 1 aromatic carbocycles. The molecule has 0 saturated heterocycles. The van der Waals surface area contributed by atoms with Gasteiger partial charge in [0, 0.05) is 11.5 Å². The molecule has 2 atom stereocenters. The summed E-state index contributed by atoms with van der Waals surface area (Å²) >= 11 is 0. The number of fused-ring (bicyclic) bond motifs is 1. The molecule has 2 N–H and O–H groups in total. The second kappa shape index (κ2) is 3.74. The van der Waals surface area contributed by atoms with Gasteiger partial charge in [-0.3, -0.25) is 9.59 Å². The highest BCUT2D eigenvalue weighted by molar-refractivity contribution is 6.14. The van der Waals surface area contributed by atoms with Gasteiger partial charge in [0.2, 0.25) is 5.91 Å². The Hall–Kier alpha value is -1.64. The zero-order valence-corrected chi connectivity index (χ0v) is 9.44. The van der Waals surface area contributed by atoms with E-state index in [0.717, 1.165) is 5.56 Å². The molecule has 0 bridgehead atoms. The minimum absolute atomic E-state index is 0.0683. The number of ketones is 1. The Labute approximate surface area is 94.6 Å². The van der Waals surface area contributed by atoms with E-state index in [1.54, 1.807) is 6.07 Å². The van der Waals surface area contributed by atoms with Crippen molar-refractivity contribution in [3.05, 3.63) is 35.4 Å². The summed E-state index contributed by atoms with van der Waals surface area (Å²) in [5, 5.41) is 0. The van der Waals surface area contributed by atoms with Crippen molar-refractivity contribution >= 4 is 11.7 Å². The van der Waals surface area contributed by atoms with E-state index in [1.165, 1.54) is 0 Å². The molecular formula is C13H15NO2. The number of amides is 1. The van der Waals surface area contributed by atoms with E-state index in [-0.39, 0.29) is 17.6 Å². The van der Waals surface area contributed by atoms with Crippen molar-refractivity contribution in [1.29, 1.82) is 0 Å². The predicted octanol–water partition coefficient (Wildman–Crippen LogP) is 1.72. The molecule has 1 amide bonds. The number of benzene rings is 1. The Morgan fingerprint density at radius 3 is 2.50 bits per heavy atom. The van der Waals surface area contributed by atoms with Crippen LogP contribution in [0, 0.1) is 11.8 Å². The van der Waals surface area contributed by atoms with Gasteiger partial charge in [-0.25, -0.2) is 0 Å². The van der Waals surface area contributed by atoms with Gasteiger partial charge in [-0.1, -0.05) is 38.1 Å². The van der Waals surface area contributed by atoms with Gasteiger partial charge in [0.25, 0.3) is 0 Å². The van der Waals surface area contributed by atoms with Gasteiger partial charge in [0.1, 0.15) is 5.92 Å². The van der Waals surface area contributed by atoms with E-state index in [1.807, 2.05) is 32.0 Å². The van der Waals surface area contributed by atoms with E-state index in [9.17, 15) is 9.59 Å². The van der Waals surface area contributed by atoms with Crippen molar-refractivity contribution in [3.8, 4) is 0 Å². The molecule has 0 aromatic heterocycles. The minimum atomic E-state index is -0.683. The third-order valence-electron chi connectivity index (χ3n) is 3.25. The highest BCUT2D eigenvalue weighted by Crippen LogP contribution is 2.42. The lowest BCUT2D eigenvalue weighted by Crippen LogP contribution is -2.32. The number of nitrogens with two attached hydrogens (primary N) is 1. The van der Waals surface area contributed by atoms with Crippen LogP contribution in [-0.2, 0) is 4.79 Å². The van der Waals surface area contributed by atoms with Gasteiger partial charge in [-0.15, -0.1) is 0 Å². The van der Waals surface area contributed by atoms with E-state index in [2.05, 4.69) is 0 Å². The van der Waals surface area contributed by atoms with Gasteiger partial charge in [0.05, 0.1) is 0 Å². The quantitative estimate of drug-likeness (QED) is 0.767. The lowest BCUT2D eigenvalue weighted by molar-refractivity contribution is -0.121. The molecule has 16 heavy (non-hydrogen) atoms. The maximum Gasteiger partial charge on any atom is 0.229 e. The number of carbonyl (C=O) groups is 2. The number of primary amides is 1. The van der Waals surface area contributed by atoms with Crippen LogP contribution in [0.4, 0.5) is 0 Å². The van der Waals surface area contributed by atoms with Crippen molar-refractivity contribution < 1.29 is 9.59 Å². The number of Topliss-reactive ketones (excluding diaryl/α,β-unsaturated/α-hetero) is 1. The standard InChI is InChI=1S/C13H15NO2/c1-7(2)10-8-5-3-4-6-9(8)12(15)11(10)13(14)16/h3-7,10-11H,1-2H3,(H2,14,16). The van der Waals surface area contributed by atoms with E-state index in [4.69, 9.17) is 5.73 Å². The lowest BCUT2D eigenvalue weighted by Gasteiger charge is -2.20. The number of rotatable bonds is 2. The summed E-state index contributed by atoms with van der Waals surface area (Å²) < 4.78 is 0. The lowest BCUT2D eigenvalue weighted by atomic mass is 9.82. The molecule has 84 valence electrons. The molecule has 0 aliphatic heterocycles. The Morgan fingerprint density at radius 1 is 1.31 bits per heavy atom. The second-order valence-electron chi connectivity index (χ2n) is 4.60. The normalized spacial score (nSPS) is 23.6. The maximum atomic E-state index is 12.1. The third-order valence-corrected chi connectivity index (χ3v) is 3.25. The molecule has 0 spiro atoms. The number of hydrogen-bond acceptors (Lipinski definition) is 2. The Morgan fingerprint density at radius 2 is 1.94 bits per heavy atom.